The summed E-state index contributed by atoms with van der Waals surface area (Å²) in [6.45, 7) is 7.40. The van der Waals surface area contributed by atoms with Crippen molar-refractivity contribution in [2.75, 3.05) is 40.5 Å². The normalized spacial score (nSPS) is 21.7. The van der Waals surface area contributed by atoms with Gasteiger partial charge in [0.2, 0.25) is 0 Å². The second-order valence-corrected chi connectivity index (χ2v) is 6.77. The lowest BCUT2D eigenvalue weighted by atomic mass is 10.1. The molecule has 25 heavy (non-hydrogen) atoms. The van der Waals surface area contributed by atoms with Gasteiger partial charge in [0.25, 0.3) is 5.91 Å². The van der Waals surface area contributed by atoms with Crippen LogP contribution in [0, 0.1) is 0 Å². The predicted octanol–water partition coefficient (Wildman–Crippen LogP) is 2.36. The molecule has 1 aromatic heterocycles. The number of benzene rings is 1. The number of nitrogens with one attached hydrogen (secondary N) is 1. The minimum atomic E-state index is 0.0558. The fourth-order valence-electron chi connectivity index (χ4n) is 3.68. The molecule has 0 unspecified atom stereocenters. The van der Waals surface area contributed by atoms with Gasteiger partial charge in [0.1, 0.15) is 11.4 Å². The molecule has 1 saturated heterocycles. The van der Waals surface area contributed by atoms with Gasteiger partial charge in [0.15, 0.2) is 0 Å². The smallest absolute Gasteiger partial charge is 0.270 e. The number of carbonyl (C=O) groups is 1. The number of hydrogen-bond donors (Lipinski definition) is 1. The van der Waals surface area contributed by atoms with Crippen molar-refractivity contribution in [1.29, 1.82) is 0 Å². The summed E-state index contributed by atoms with van der Waals surface area (Å²) >= 11 is 0. The predicted molar refractivity (Wildman–Crippen MR) is 98.3 cm³/mol. The molecule has 0 spiro atoms. The van der Waals surface area contributed by atoms with Gasteiger partial charge in [0, 0.05) is 49.7 Å². The zero-order valence-electron chi connectivity index (χ0n) is 15.4. The number of rotatable bonds is 5. The van der Waals surface area contributed by atoms with Crippen LogP contribution in [0.4, 0.5) is 0 Å². The topological polar surface area (TPSA) is 57.8 Å². The summed E-state index contributed by atoms with van der Waals surface area (Å²) < 4.78 is 10.5. The minimum absolute atomic E-state index is 0.0558. The van der Waals surface area contributed by atoms with Gasteiger partial charge in [-0.05, 0) is 38.1 Å². The zero-order valence-corrected chi connectivity index (χ0v) is 15.4. The molecule has 1 aliphatic rings. The van der Waals surface area contributed by atoms with Crippen molar-refractivity contribution in [1.82, 2.24) is 14.8 Å². The molecule has 0 saturated carbocycles. The highest BCUT2D eigenvalue weighted by Crippen LogP contribution is 2.23. The van der Waals surface area contributed by atoms with Crippen LogP contribution in [-0.4, -0.2) is 73.2 Å². The average Bonchev–Trinajstić information content (AvgIpc) is 3.03. The Labute approximate surface area is 148 Å². The second-order valence-electron chi connectivity index (χ2n) is 6.77. The number of piperazine rings is 1. The van der Waals surface area contributed by atoms with Crippen molar-refractivity contribution in [3.8, 4) is 5.75 Å². The average molecular weight is 345 g/mol. The molecule has 6 nitrogen and oxygen atoms in total. The second kappa shape index (κ2) is 7.45. The van der Waals surface area contributed by atoms with Gasteiger partial charge in [-0.15, -0.1) is 0 Å². The third kappa shape index (κ3) is 3.65. The van der Waals surface area contributed by atoms with Crippen LogP contribution in [0.1, 0.15) is 24.3 Å². The van der Waals surface area contributed by atoms with Crippen molar-refractivity contribution in [2.45, 2.75) is 25.9 Å². The van der Waals surface area contributed by atoms with Crippen LogP contribution in [0.3, 0.4) is 0 Å². The quantitative estimate of drug-likeness (QED) is 0.904. The maximum Gasteiger partial charge on any atom is 0.270 e. The van der Waals surface area contributed by atoms with Crippen LogP contribution in [0.2, 0.25) is 0 Å². The van der Waals surface area contributed by atoms with E-state index in [-0.39, 0.29) is 5.91 Å². The Morgan fingerprint density at radius 3 is 2.56 bits per heavy atom. The molecule has 136 valence electrons. The molecule has 0 bridgehead atoms. The monoisotopic (exact) mass is 345 g/mol. The minimum Gasteiger partial charge on any atom is -0.497 e. The molecule has 1 fully saturated rings. The molecule has 3 rings (SSSR count). The Kier molecular flexibility index (Phi) is 5.30. The van der Waals surface area contributed by atoms with Crippen molar-refractivity contribution in [2.24, 2.45) is 0 Å². The van der Waals surface area contributed by atoms with Crippen molar-refractivity contribution < 1.29 is 14.3 Å². The van der Waals surface area contributed by atoms with Crippen molar-refractivity contribution in [3.63, 3.8) is 0 Å². The fraction of sp³-hybridized carbons (Fsp3) is 0.526. The Hall–Kier alpha value is -2.05. The van der Waals surface area contributed by atoms with Crippen LogP contribution >= 0.6 is 0 Å². The number of methoxy groups -OCH3 is 2. The van der Waals surface area contributed by atoms with E-state index in [2.05, 4.69) is 23.7 Å². The number of nitrogens with zero attached hydrogens (tertiary/aromatic N) is 2. The van der Waals surface area contributed by atoms with Gasteiger partial charge in [0.05, 0.1) is 13.7 Å². The first-order chi connectivity index (χ1) is 12.0. The van der Waals surface area contributed by atoms with E-state index < -0.39 is 0 Å². The highest BCUT2D eigenvalue weighted by molar-refractivity contribution is 5.98. The van der Waals surface area contributed by atoms with E-state index in [1.807, 2.05) is 29.2 Å². The summed E-state index contributed by atoms with van der Waals surface area (Å²) in [6.07, 6.45) is 0. The zero-order chi connectivity index (χ0) is 18.0. The van der Waals surface area contributed by atoms with E-state index >= 15 is 0 Å². The molecule has 1 aliphatic heterocycles. The highest BCUT2D eigenvalue weighted by Gasteiger charge is 2.32. The molecular formula is C19H27N3O3. The van der Waals surface area contributed by atoms with Gasteiger partial charge in [-0.25, -0.2) is 0 Å². The number of amides is 1. The molecule has 1 N–H and O–H groups in total. The summed E-state index contributed by atoms with van der Waals surface area (Å²) in [6, 6.07) is 8.31. The SMILES string of the molecule is COCCN1[C@@H](C)CN(C(=O)c2cc3cc(OC)ccc3[nH]2)C[C@@H]1C. The third-order valence-corrected chi connectivity index (χ3v) is 5.00. The Morgan fingerprint density at radius 2 is 1.92 bits per heavy atom. The summed E-state index contributed by atoms with van der Waals surface area (Å²) in [4.78, 5) is 20.5. The molecule has 2 atom stereocenters. The fourth-order valence-corrected chi connectivity index (χ4v) is 3.68. The maximum absolute atomic E-state index is 13.0. The molecule has 2 heterocycles. The molecule has 2 aromatic rings. The Balaban J connectivity index is 1.75. The summed E-state index contributed by atoms with van der Waals surface area (Å²) in [5, 5.41) is 0.988. The number of aromatic nitrogens is 1. The van der Waals surface area contributed by atoms with E-state index in [4.69, 9.17) is 9.47 Å². The Morgan fingerprint density at radius 1 is 1.20 bits per heavy atom. The molecule has 0 aliphatic carbocycles. The van der Waals surface area contributed by atoms with Gasteiger partial charge in [-0.1, -0.05) is 0 Å². The molecular weight excluding hydrogens is 318 g/mol. The van der Waals surface area contributed by atoms with E-state index in [9.17, 15) is 4.79 Å². The molecule has 6 heteroatoms. The van der Waals surface area contributed by atoms with Crippen molar-refractivity contribution >= 4 is 16.8 Å². The van der Waals surface area contributed by atoms with Gasteiger partial charge in [-0.3, -0.25) is 9.69 Å². The largest absolute Gasteiger partial charge is 0.497 e. The van der Waals surface area contributed by atoms with Crippen LogP contribution in [0.5, 0.6) is 5.75 Å². The first-order valence-corrected chi connectivity index (χ1v) is 8.74. The van der Waals surface area contributed by atoms with Crippen LogP contribution in [0.15, 0.2) is 24.3 Å². The number of H-pyrrole nitrogens is 1. The van der Waals surface area contributed by atoms with Crippen LogP contribution in [-0.2, 0) is 4.74 Å². The lowest BCUT2D eigenvalue weighted by molar-refractivity contribution is 0.0190. The lowest BCUT2D eigenvalue weighted by Gasteiger charge is -2.44. The number of carbonyl (C=O) groups excluding carboxylic acids is 1. The highest BCUT2D eigenvalue weighted by atomic mass is 16.5. The van der Waals surface area contributed by atoms with Crippen molar-refractivity contribution in [3.05, 3.63) is 30.0 Å². The summed E-state index contributed by atoms with van der Waals surface area (Å²) in [5.41, 5.74) is 1.58. The number of fused-ring (bicyclic) bond motifs is 1. The number of hydrogen-bond acceptors (Lipinski definition) is 4. The Bertz CT molecular complexity index is 731. The molecule has 1 amide bonds. The van der Waals surface area contributed by atoms with Gasteiger partial charge in [-0.2, -0.15) is 0 Å². The van der Waals surface area contributed by atoms with E-state index in [0.29, 0.717) is 24.4 Å². The van der Waals surface area contributed by atoms with Crippen LogP contribution in [0.25, 0.3) is 10.9 Å². The van der Waals surface area contributed by atoms with E-state index in [1.165, 1.54) is 0 Å². The third-order valence-electron chi connectivity index (χ3n) is 5.00. The summed E-state index contributed by atoms with van der Waals surface area (Å²) in [5.74, 6) is 0.847. The molecule has 1 aromatic carbocycles. The standard InChI is InChI=1S/C19H27N3O3/c1-13-11-21(12-14(2)22(13)7-8-24-3)19(23)18-10-15-9-16(25-4)5-6-17(15)20-18/h5-6,9-10,13-14,20H,7-8,11-12H2,1-4H3/t13-,14-/m0/s1. The molecule has 0 radical (unpaired) electrons. The first-order valence-electron chi connectivity index (χ1n) is 8.74. The first kappa shape index (κ1) is 17.8. The van der Waals surface area contributed by atoms with Crippen LogP contribution < -0.4 is 4.74 Å². The number of aromatic amines is 1. The summed E-state index contributed by atoms with van der Waals surface area (Å²) in [7, 11) is 3.37. The lowest BCUT2D eigenvalue weighted by Crippen LogP contribution is -2.58. The van der Waals surface area contributed by atoms with E-state index in [0.717, 1.165) is 36.3 Å². The number of ether oxygens (including phenoxy) is 2. The van der Waals surface area contributed by atoms with Gasteiger partial charge >= 0.3 is 0 Å². The van der Waals surface area contributed by atoms with E-state index in [1.54, 1.807) is 14.2 Å². The maximum atomic E-state index is 13.0. The van der Waals surface area contributed by atoms with Gasteiger partial charge < -0.3 is 19.4 Å².